The molecule has 3 rings (SSSR count). The molecule has 2 aromatic carbocycles. The molecule has 1 unspecified atom stereocenters. The topological polar surface area (TPSA) is 45.7 Å². The van der Waals surface area contributed by atoms with Crippen molar-refractivity contribution in [3.05, 3.63) is 94.1 Å². The molecule has 0 saturated carbocycles. The minimum absolute atomic E-state index is 0.331. The zero-order chi connectivity index (χ0) is 21.0. The molecule has 3 nitrogen and oxygen atoms in total. The van der Waals surface area contributed by atoms with Crippen molar-refractivity contribution >= 4 is 29.9 Å². The smallest absolute Gasteiger partial charge is 0.140 e. The van der Waals surface area contributed by atoms with Gasteiger partial charge in [0.1, 0.15) is 17.7 Å². The van der Waals surface area contributed by atoms with Crippen LogP contribution in [0.2, 0.25) is 10.0 Å². The Hall–Kier alpha value is -2.66. The first-order valence-corrected chi connectivity index (χ1v) is 9.51. The Kier molecular flexibility index (Phi) is 6.70. The van der Waals surface area contributed by atoms with Gasteiger partial charge in [0.15, 0.2) is 0 Å². The van der Waals surface area contributed by atoms with Crippen LogP contribution >= 0.6 is 23.2 Å². The molecule has 0 saturated heterocycles. The largest absolute Gasteiger partial charge is 0.463 e. The minimum atomic E-state index is -1.12. The molecule has 6 heteroatoms. The molecule has 1 aromatic heterocycles. The zero-order valence-corrected chi connectivity index (χ0v) is 17.1. The fourth-order valence-electron chi connectivity index (χ4n) is 3.08. The second-order valence-corrected chi connectivity index (χ2v) is 7.08. The molecular formula is C23H18Cl2FNO2. The highest BCUT2D eigenvalue weighted by Gasteiger charge is 2.26. The maximum Gasteiger partial charge on any atom is 0.140 e. The molecule has 0 spiro atoms. The molecule has 0 amide bonds. The van der Waals surface area contributed by atoms with E-state index in [4.69, 9.17) is 27.6 Å². The van der Waals surface area contributed by atoms with Crippen molar-refractivity contribution in [2.75, 3.05) is 0 Å². The molecule has 148 valence electrons. The summed E-state index contributed by atoms with van der Waals surface area (Å²) in [4.78, 5) is 3.78. The maximum absolute atomic E-state index is 13.8. The van der Waals surface area contributed by atoms with Gasteiger partial charge < -0.3 is 9.52 Å². The number of hydrogen-bond donors (Lipinski definition) is 1. The van der Waals surface area contributed by atoms with Crippen LogP contribution in [0.15, 0.2) is 82.1 Å². The number of rotatable bonds is 6. The highest BCUT2D eigenvalue weighted by atomic mass is 35.5. The van der Waals surface area contributed by atoms with Gasteiger partial charge in [-0.3, -0.25) is 4.99 Å². The molecule has 29 heavy (non-hydrogen) atoms. The van der Waals surface area contributed by atoms with E-state index in [-0.39, 0.29) is 0 Å². The van der Waals surface area contributed by atoms with E-state index in [0.29, 0.717) is 43.6 Å². The number of hydrogen-bond acceptors (Lipinski definition) is 3. The van der Waals surface area contributed by atoms with Crippen molar-refractivity contribution in [3.63, 3.8) is 0 Å². The van der Waals surface area contributed by atoms with Crippen molar-refractivity contribution < 1.29 is 13.9 Å². The van der Waals surface area contributed by atoms with Gasteiger partial charge in [-0.15, -0.1) is 0 Å². The first-order chi connectivity index (χ1) is 14.0. The number of halogens is 3. The van der Waals surface area contributed by atoms with Crippen LogP contribution in [0, 0.1) is 5.82 Å². The molecule has 0 aliphatic rings. The SMILES string of the molecule is C=N/C=C(\C=C/C)C(O)c1c(-c2ccc(Cl)cc2Cl)coc1-c1cccc(F)c1. The van der Waals surface area contributed by atoms with Gasteiger partial charge in [0.25, 0.3) is 0 Å². The van der Waals surface area contributed by atoms with Gasteiger partial charge in [-0.25, -0.2) is 4.39 Å². The van der Waals surface area contributed by atoms with Gasteiger partial charge in [-0.2, -0.15) is 0 Å². The minimum Gasteiger partial charge on any atom is -0.463 e. The number of allylic oxidation sites excluding steroid dienone is 1. The number of benzene rings is 2. The van der Waals surface area contributed by atoms with Crippen molar-refractivity contribution in [2.45, 2.75) is 13.0 Å². The number of aliphatic hydroxyl groups excluding tert-OH is 1. The first kappa shape index (κ1) is 21.1. The van der Waals surface area contributed by atoms with Crippen molar-refractivity contribution in [1.29, 1.82) is 0 Å². The van der Waals surface area contributed by atoms with Gasteiger partial charge in [0.2, 0.25) is 0 Å². The van der Waals surface area contributed by atoms with E-state index in [1.807, 2.05) is 6.92 Å². The Morgan fingerprint density at radius 1 is 1.21 bits per heavy atom. The zero-order valence-electron chi connectivity index (χ0n) is 15.6. The van der Waals surface area contributed by atoms with Crippen LogP contribution in [0.5, 0.6) is 0 Å². The second kappa shape index (κ2) is 9.23. The van der Waals surface area contributed by atoms with Gasteiger partial charge in [-0.05, 0) is 37.9 Å². The lowest BCUT2D eigenvalue weighted by atomic mass is 9.92. The molecule has 0 radical (unpaired) electrons. The summed E-state index contributed by atoms with van der Waals surface area (Å²) in [5, 5.41) is 12.1. The van der Waals surface area contributed by atoms with Gasteiger partial charge >= 0.3 is 0 Å². The summed E-state index contributed by atoms with van der Waals surface area (Å²) in [6.07, 6.45) is 5.32. The summed E-state index contributed by atoms with van der Waals surface area (Å²) in [6, 6.07) is 11.0. The van der Waals surface area contributed by atoms with Crippen LogP contribution in [0.25, 0.3) is 22.5 Å². The van der Waals surface area contributed by atoms with E-state index in [2.05, 4.69) is 11.7 Å². The molecule has 3 aromatic rings. The summed E-state index contributed by atoms with van der Waals surface area (Å²) in [6.45, 7) is 5.29. The van der Waals surface area contributed by atoms with Crippen LogP contribution in [-0.4, -0.2) is 11.8 Å². The predicted molar refractivity (Wildman–Crippen MR) is 117 cm³/mol. The lowest BCUT2D eigenvalue weighted by molar-refractivity contribution is 0.219. The first-order valence-electron chi connectivity index (χ1n) is 8.75. The third-order valence-corrected chi connectivity index (χ3v) is 4.87. The Labute approximate surface area is 178 Å². The van der Waals surface area contributed by atoms with Gasteiger partial charge in [0, 0.05) is 44.1 Å². The fraction of sp³-hybridized carbons (Fsp3) is 0.0870. The normalized spacial score (nSPS) is 13.1. The van der Waals surface area contributed by atoms with E-state index in [1.165, 1.54) is 24.6 Å². The third-order valence-electron chi connectivity index (χ3n) is 4.33. The Bertz CT molecular complexity index is 1100. The van der Waals surface area contributed by atoms with E-state index in [0.717, 1.165) is 0 Å². The second-order valence-electron chi connectivity index (χ2n) is 6.24. The molecule has 0 aliphatic carbocycles. The molecule has 0 aliphatic heterocycles. The lowest BCUT2D eigenvalue weighted by Gasteiger charge is -2.15. The summed E-state index contributed by atoms with van der Waals surface area (Å²) in [5.41, 5.74) is 2.61. The van der Waals surface area contributed by atoms with Crippen LogP contribution in [-0.2, 0) is 0 Å². The molecular weight excluding hydrogens is 412 g/mol. The van der Waals surface area contributed by atoms with Gasteiger partial charge in [-0.1, -0.05) is 53.6 Å². The Morgan fingerprint density at radius 3 is 2.66 bits per heavy atom. The average molecular weight is 430 g/mol. The average Bonchev–Trinajstić information content (AvgIpc) is 3.12. The van der Waals surface area contributed by atoms with Crippen molar-refractivity contribution in [3.8, 4) is 22.5 Å². The Balaban J connectivity index is 2.28. The standard InChI is InChI=1S/C23H18Cl2FNO2/c1-3-5-15(12-27-2)22(28)21-19(18-9-8-16(24)11-20(18)25)13-29-23(21)14-6-4-7-17(26)10-14/h3-13,22,28H,2H2,1H3/b5-3-,15-12+. The monoisotopic (exact) mass is 429 g/mol. The third kappa shape index (κ3) is 4.51. The van der Waals surface area contributed by atoms with Crippen molar-refractivity contribution in [1.82, 2.24) is 0 Å². The summed E-state index contributed by atoms with van der Waals surface area (Å²) >= 11 is 12.4. The van der Waals surface area contributed by atoms with Crippen molar-refractivity contribution in [2.24, 2.45) is 4.99 Å². The number of aliphatic imine (C=N–C) groups is 1. The lowest BCUT2D eigenvalue weighted by Crippen LogP contribution is -2.02. The molecule has 1 atom stereocenters. The van der Waals surface area contributed by atoms with Gasteiger partial charge in [0.05, 0.1) is 6.26 Å². The molecule has 0 bridgehead atoms. The highest BCUT2D eigenvalue weighted by Crippen LogP contribution is 2.43. The van der Waals surface area contributed by atoms with E-state index >= 15 is 0 Å². The Morgan fingerprint density at radius 2 is 2.00 bits per heavy atom. The summed E-state index contributed by atoms with van der Waals surface area (Å²) in [7, 11) is 0. The van der Waals surface area contributed by atoms with E-state index in [9.17, 15) is 9.50 Å². The number of nitrogens with zero attached hydrogens (tertiary/aromatic N) is 1. The fourth-order valence-corrected chi connectivity index (χ4v) is 3.59. The van der Waals surface area contributed by atoms with Crippen LogP contribution in [0.3, 0.4) is 0 Å². The highest BCUT2D eigenvalue weighted by molar-refractivity contribution is 6.36. The predicted octanol–water partition coefficient (Wildman–Crippen LogP) is 7.25. The van der Waals surface area contributed by atoms with E-state index in [1.54, 1.807) is 42.5 Å². The quantitative estimate of drug-likeness (QED) is 0.331. The number of aliphatic hydroxyl groups is 1. The molecule has 1 heterocycles. The maximum atomic E-state index is 13.8. The number of furan rings is 1. The summed E-state index contributed by atoms with van der Waals surface area (Å²) < 4.78 is 19.6. The van der Waals surface area contributed by atoms with Crippen LogP contribution in [0.4, 0.5) is 4.39 Å². The van der Waals surface area contributed by atoms with Crippen LogP contribution < -0.4 is 0 Å². The molecule has 1 N–H and O–H groups in total. The van der Waals surface area contributed by atoms with Crippen LogP contribution in [0.1, 0.15) is 18.6 Å². The molecule has 0 fully saturated rings. The van der Waals surface area contributed by atoms with E-state index < -0.39 is 11.9 Å². The summed E-state index contributed by atoms with van der Waals surface area (Å²) in [5.74, 6) is -0.0834.